The molecule has 0 aliphatic rings. The van der Waals surface area contributed by atoms with Crippen LogP contribution >= 0.6 is 11.3 Å². The maximum Gasteiger partial charge on any atom is 0.269 e. The van der Waals surface area contributed by atoms with Gasteiger partial charge in [-0.05, 0) is 43.2 Å². The molecule has 178 valence electrons. The van der Waals surface area contributed by atoms with Crippen molar-refractivity contribution in [3.8, 4) is 0 Å². The molecule has 0 saturated heterocycles. The van der Waals surface area contributed by atoms with Gasteiger partial charge in [-0.1, -0.05) is 31.3 Å². The van der Waals surface area contributed by atoms with Crippen LogP contribution in [-0.4, -0.2) is 30.1 Å². The van der Waals surface area contributed by atoms with E-state index in [-0.39, 0.29) is 37.3 Å². The van der Waals surface area contributed by atoms with Gasteiger partial charge in [0.05, 0.1) is 16.0 Å². The smallest absolute Gasteiger partial charge is 0.269 e. The van der Waals surface area contributed by atoms with Gasteiger partial charge in [0.25, 0.3) is 11.6 Å². The van der Waals surface area contributed by atoms with Crippen LogP contribution in [0.15, 0.2) is 63.8 Å². The Bertz CT molecular complexity index is 1320. The van der Waals surface area contributed by atoms with E-state index in [0.717, 1.165) is 41.8 Å². The average Bonchev–Trinajstić information content (AvgIpc) is 3.29. The lowest BCUT2D eigenvalue weighted by atomic mass is 10.0. The van der Waals surface area contributed by atoms with E-state index in [9.17, 15) is 28.1 Å². The molecular weight excluding hydrogens is 480 g/mol. The molecule has 0 atom stereocenters. The number of sulfone groups is 1. The van der Waals surface area contributed by atoms with Crippen LogP contribution in [0.3, 0.4) is 0 Å². The first-order chi connectivity index (χ1) is 16.1. The highest BCUT2D eigenvalue weighted by Gasteiger charge is 2.23. The van der Waals surface area contributed by atoms with Crippen LogP contribution < -0.4 is 10.6 Å². The Kier molecular flexibility index (Phi) is 7.74. The van der Waals surface area contributed by atoms with Crippen LogP contribution in [0.25, 0.3) is 0 Å². The van der Waals surface area contributed by atoms with E-state index < -0.39 is 20.7 Å². The van der Waals surface area contributed by atoms with Crippen molar-refractivity contribution in [2.24, 2.45) is 5.92 Å². The monoisotopic (exact) mass is 502 g/mol. The molecule has 0 bridgehead atoms. The molecule has 3 rings (SSSR count). The average molecular weight is 503 g/mol. The summed E-state index contributed by atoms with van der Waals surface area (Å²) >= 11 is 0.758. The number of amides is 2. The number of anilines is 2. The van der Waals surface area contributed by atoms with Crippen LogP contribution in [0, 0.1) is 16.0 Å². The lowest BCUT2D eigenvalue weighted by molar-refractivity contribution is -0.384. The fourth-order valence-corrected chi connectivity index (χ4v) is 5.54. The molecule has 0 aliphatic carbocycles. The van der Waals surface area contributed by atoms with E-state index in [2.05, 4.69) is 15.6 Å². The van der Waals surface area contributed by atoms with Crippen molar-refractivity contribution in [1.29, 1.82) is 0 Å². The first kappa shape index (κ1) is 25.0. The number of aromatic nitrogens is 1. The molecule has 0 radical (unpaired) electrons. The largest absolute Gasteiger partial charge is 0.326 e. The third-order valence-electron chi connectivity index (χ3n) is 5.08. The SMILES string of the molecule is CCC(CC)C(=O)Nc1cccc(C(=O)Nc2ncc(S(=O)(=O)c3ccc([N+](=O)[O-])cc3)s2)c1. The first-order valence-electron chi connectivity index (χ1n) is 10.3. The lowest BCUT2D eigenvalue weighted by Crippen LogP contribution is -2.22. The summed E-state index contributed by atoms with van der Waals surface area (Å²) in [7, 11) is -3.96. The number of nitro groups is 1. The Hall–Kier alpha value is -3.64. The summed E-state index contributed by atoms with van der Waals surface area (Å²) in [4.78, 5) is 39.0. The number of benzene rings is 2. The lowest BCUT2D eigenvalue weighted by Gasteiger charge is -2.13. The van der Waals surface area contributed by atoms with Gasteiger partial charge in [-0.15, -0.1) is 0 Å². The summed E-state index contributed by atoms with van der Waals surface area (Å²) in [6.45, 7) is 3.86. The van der Waals surface area contributed by atoms with Crippen molar-refractivity contribution in [2.75, 3.05) is 10.6 Å². The van der Waals surface area contributed by atoms with E-state index >= 15 is 0 Å². The first-order valence-corrected chi connectivity index (χ1v) is 12.6. The van der Waals surface area contributed by atoms with Gasteiger partial charge in [0, 0.05) is 29.3 Å². The van der Waals surface area contributed by atoms with Gasteiger partial charge in [0.15, 0.2) is 5.13 Å². The molecule has 1 heterocycles. The third kappa shape index (κ3) is 5.64. The van der Waals surface area contributed by atoms with E-state index in [1.54, 1.807) is 18.2 Å². The molecule has 34 heavy (non-hydrogen) atoms. The molecule has 12 heteroatoms. The van der Waals surface area contributed by atoms with Gasteiger partial charge in [-0.2, -0.15) is 0 Å². The van der Waals surface area contributed by atoms with E-state index in [1.807, 2.05) is 13.8 Å². The molecule has 2 N–H and O–H groups in total. The second-order valence-corrected chi connectivity index (χ2v) is 10.5. The van der Waals surface area contributed by atoms with Crippen LogP contribution in [0.4, 0.5) is 16.5 Å². The summed E-state index contributed by atoms with van der Waals surface area (Å²) < 4.78 is 25.4. The highest BCUT2D eigenvalue weighted by Crippen LogP contribution is 2.30. The standard InChI is InChI=1S/C22H22N4O6S2/c1-3-14(4-2)20(27)24-16-7-5-6-15(12-16)21(28)25-22-23-13-19(33-22)34(31,32)18-10-8-17(9-11-18)26(29)30/h5-14H,3-4H2,1-2H3,(H,24,27)(H,23,25,28). The molecule has 0 aliphatic heterocycles. The third-order valence-corrected chi connectivity index (χ3v) is 8.22. The molecule has 0 spiro atoms. The van der Waals surface area contributed by atoms with Gasteiger partial charge < -0.3 is 5.32 Å². The van der Waals surface area contributed by atoms with Crippen LogP contribution in [-0.2, 0) is 14.6 Å². The Labute approximate surface area is 200 Å². The second-order valence-electron chi connectivity index (χ2n) is 7.28. The number of nitrogens with zero attached hydrogens (tertiary/aromatic N) is 2. The minimum Gasteiger partial charge on any atom is -0.326 e. The predicted octanol–water partition coefficient (Wildman–Crippen LogP) is 4.51. The quantitative estimate of drug-likeness (QED) is 0.323. The van der Waals surface area contributed by atoms with Crippen LogP contribution in [0.2, 0.25) is 0 Å². The zero-order valence-electron chi connectivity index (χ0n) is 18.3. The van der Waals surface area contributed by atoms with Gasteiger partial charge in [-0.3, -0.25) is 25.0 Å². The highest BCUT2D eigenvalue weighted by molar-refractivity contribution is 7.93. The number of carbonyl (C=O) groups excluding carboxylic acids is 2. The van der Waals surface area contributed by atoms with Crippen LogP contribution in [0.5, 0.6) is 0 Å². The van der Waals surface area contributed by atoms with Crippen molar-refractivity contribution in [2.45, 2.75) is 35.8 Å². The number of nitro benzene ring substituents is 1. The number of hydrogen-bond donors (Lipinski definition) is 2. The van der Waals surface area contributed by atoms with Crippen molar-refractivity contribution < 1.29 is 22.9 Å². The maximum absolute atomic E-state index is 12.8. The minimum absolute atomic E-state index is 0.0666. The molecule has 1 aromatic heterocycles. The van der Waals surface area contributed by atoms with Gasteiger partial charge >= 0.3 is 0 Å². The Morgan fingerprint density at radius 1 is 1.09 bits per heavy atom. The molecule has 2 amide bonds. The summed E-state index contributed by atoms with van der Waals surface area (Å²) in [5, 5.41) is 16.2. The Balaban J connectivity index is 1.73. The molecular formula is C22H22N4O6S2. The molecule has 2 aromatic carbocycles. The highest BCUT2D eigenvalue weighted by atomic mass is 32.2. The van der Waals surface area contributed by atoms with Crippen molar-refractivity contribution in [3.05, 3.63) is 70.4 Å². The van der Waals surface area contributed by atoms with E-state index in [4.69, 9.17) is 0 Å². The van der Waals surface area contributed by atoms with E-state index in [1.165, 1.54) is 6.07 Å². The van der Waals surface area contributed by atoms with Crippen molar-refractivity contribution in [1.82, 2.24) is 4.98 Å². The summed E-state index contributed by atoms with van der Waals surface area (Å²) in [5.41, 5.74) is 0.511. The maximum atomic E-state index is 12.8. The van der Waals surface area contributed by atoms with Gasteiger partial charge in [0.2, 0.25) is 15.7 Å². The van der Waals surface area contributed by atoms with Crippen LogP contribution in [0.1, 0.15) is 37.0 Å². The molecule has 10 nitrogen and oxygen atoms in total. The molecule has 0 fully saturated rings. The minimum atomic E-state index is -3.96. The fourth-order valence-electron chi connectivity index (χ4n) is 3.12. The number of non-ortho nitro benzene ring substituents is 1. The zero-order valence-corrected chi connectivity index (χ0v) is 20.0. The number of thiazole rings is 1. The van der Waals surface area contributed by atoms with Crippen molar-refractivity contribution in [3.63, 3.8) is 0 Å². The number of rotatable bonds is 9. The second kappa shape index (κ2) is 10.5. The van der Waals surface area contributed by atoms with E-state index in [0.29, 0.717) is 18.5 Å². The number of nitrogens with one attached hydrogen (secondary N) is 2. The molecule has 3 aromatic rings. The Morgan fingerprint density at radius 2 is 1.76 bits per heavy atom. The summed E-state index contributed by atoms with van der Waals surface area (Å²) in [6, 6.07) is 10.9. The normalized spacial score (nSPS) is 11.3. The fraction of sp³-hybridized carbons (Fsp3) is 0.227. The Morgan fingerprint density at radius 3 is 2.38 bits per heavy atom. The summed E-state index contributed by atoms with van der Waals surface area (Å²) in [5.74, 6) is -0.764. The molecule has 0 unspecified atom stereocenters. The molecule has 0 saturated carbocycles. The summed E-state index contributed by atoms with van der Waals surface area (Å²) in [6.07, 6.45) is 2.53. The number of carbonyl (C=O) groups is 2. The topological polar surface area (TPSA) is 148 Å². The predicted molar refractivity (Wildman–Crippen MR) is 128 cm³/mol. The van der Waals surface area contributed by atoms with Crippen molar-refractivity contribution >= 4 is 49.5 Å². The zero-order chi connectivity index (χ0) is 24.9. The van der Waals surface area contributed by atoms with Gasteiger partial charge in [0.1, 0.15) is 4.21 Å². The van der Waals surface area contributed by atoms with Gasteiger partial charge in [-0.25, -0.2) is 13.4 Å². The number of hydrogen-bond acceptors (Lipinski definition) is 8.